The Labute approximate surface area is 132 Å². The number of hydrogen-bond acceptors (Lipinski definition) is 3. The lowest BCUT2D eigenvalue weighted by molar-refractivity contribution is 0.283. The molecule has 0 unspecified atom stereocenters. The molecule has 0 saturated heterocycles. The number of benzene rings is 1. The molecule has 1 heterocycles. The summed E-state index contributed by atoms with van der Waals surface area (Å²) in [7, 11) is 0. The van der Waals surface area contributed by atoms with Gasteiger partial charge < -0.3 is 5.73 Å². The van der Waals surface area contributed by atoms with Crippen molar-refractivity contribution < 1.29 is 0 Å². The molecular formula is C14H16Cl2N4O. The van der Waals surface area contributed by atoms with Crippen LogP contribution in [0.3, 0.4) is 0 Å². The molecule has 1 aromatic heterocycles. The SMILES string of the molecule is NC1(c2n[nH]c(=O)n2-c2cc(Cl)ccc2Cl)CCCCC1. The van der Waals surface area contributed by atoms with E-state index < -0.39 is 5.54 Å². The Morgan fingerprint density at radius 1 is 1.24 bits per heavy atom. The van der Waals surface area contributed by atoms with E-state index in [2.05, 4.69) is 10.2 Å². The predicted molar refractivity (Wildman–Crippen MR) is 83.2 cm³/mol. The summed E-state index contributed by atoms with van der Waals surface area (Å²) in [5, 5.41) is 7.57. The topological polar surface area (TPSA) is 76.7 Å². The molecule has 0 amide bonds. The van der Waals surface area contributed by atoms with Crippen LogP contribution in [0.15, 0.2) is 23.0 Å². The van der Waals surface area contributed by atoms with Gasteiger partial charge in [0.15, 0.2) is 5.82 Å². The first-order valence-electron chi connectivity index (χ1n) is 6.93. The number of nitrogens with one attached hydrogen (secondary N) is 1. The van der Waals surface area contributed by atoms with Crippen molar-refractivity contribution in [2.45, 2.75) is 37.6 Å². The summed E-state index contributed by atoms with van der Waals surface area (Å²) in [6.45, 7) is 0. The summed E-state index contributed by atoms with van der Waals surface area (Å²) in [6.07, 6.45) is 4.82. The second-order valence-electron chi connectivity index (χ2n) is 5.50. The van der Waals surface area contributed by atoms with Gasteiger partial charge in [-0.25, -0.2) is 14.5 Å². The van der Waals surface area contributed by atoms with Crippen molar-refractivity contribution in [1.82, 2.24) is 14.8 Å². The van der Waals surface area contributed by atoms with Crippen molar-refractivity contribution in [3.63, 3.8) is 0 Å². The number of halogens is 2. The summed E-state index contributed by atoms with van der Waals surface area (Å²) < 4.78 is 1.44. The third-order valence-electron chi connectivity index (χ3n) is 4.01. The van der Waals surface area contributed by atoms with E-state index in [1.165, 1.54) is 4.57 Å². The summed E-state index contributed by atoms with van der Waals surface area (Å²) in [5.74, 6) is 0.524. The molecule has 0 aliphatic heterocycles. The van der Waals surface area contributed by atoms with E-state index >= 15 is 0 Å². The Balaban J connectivity index is 2.17. The van der Waals surface area contributed by atoms with Crippen LogP contribution in [0.1, 0.15) is 37.9 Å². The van der Waals surface area contributed by atoms with Gasteiger partial charge in [-0.15, -0.1) is 0 Å². The number of rotatable bonds is 2. The largest absolute Gasteiger partial charge is 0.348 e. The minimum Gasteiger partial charge on any atom is -0.319 e. The van der Waals surface area contributed by atoms with Crippen LogP contribution in [-0.4, -0.2) is 14.8 Å². The van der Waals surface area contributed by atoms with E-state index in [4.69, 9.17) is 28.9 Å². The van der Waals surface area contributed by atoms with Crippen LogP contribution < -0.4 is 11.4 Å². The van der Waals surface area contributed by atoms with E-state index in [9.17, 15) is 4.79 Å². The number of nitrogens with zero attached hydrogens (tertiary/aromatic N) is 2. The maximum atomic E-state index is 12.2. The highest BCUT2D eigenvalue weighted by Crippen LogP contribution is 2.35. The molecule has 3 rings (SSSR count). The second-order valence-corrected chi connectivity index (χ2v) is 6.34. The van der Waals surface area contributed by atoms with Gasteiger partial charge >= 0.3 is 5.69 Å². The zero-order valence-corrected chi connectivity index (χ0v) is 12.9. The third-order valence-corrected chi connectivity index (χ3v) is 4.57. The van der Waals surface area contributed by atoms with E-state index in [0.29, 0.717) is 21.6 Å². The number of nitrogens with two attached hydrogens (primary N) is 1. The fourth-order valence-electron chi connectivity index (χ4n) is 2.92. The number of aromatic nitrogens is 3. The van der Waals surface area contributed by atoms with Crippen LogP contribution in [0.2, 0.25) is 10.0 Å². The van der Waals surface area contributed by atoms with Crippen molar-refractivity contribution in [3.8, 4) is 5.69 Å². The Morgan fingerprint density at radius 2 is 1.95 bits per heavy atom. The number of aromatic amines is 1. The van der Waals surface area contributed by atoms with Gasteiger partial charge in [-0.2, -0.15) is 5.10 Å². The lowest BCUT2D eigenvalue weighted by atomic mass is 9.82. The van der Waals surface area contributed by atoms with Crippen LogP contribution in [0.25, 0.3) is 5.69 Å². The first kappa shape index (κ1) is 14.6. The van der Waals surface area contributed by atoms with Crippen LogP contribution in [0.5, 0.6) is 0 Å². The summed E-state index contributed by atoms with van der Waals surface area (Å²) in [5.41, 5.74) is 6.04. The molecule has 0 bridgehead atoms. The molecule has 1 saturated carbocycles. The molecular weight excluding hydrogens is 311 g/mol. The van der Waals surface area contributed by atoms with Crippen LogP contribution in [0, 0.1) is 0 Å². The maximum absolute atomic E-state index is 12.2. The standard InChI is InChI=1S/C14H16Cl2N4O/c15-9-4-5-10(16)11(8-9)20-12(18-19-13(20)21)14(17)6-2-1-3-7-14/h4-5,8H,1-3,6-7,17H2,(H,19,21). The Hall–Kier alpha value is -1.30. The highest BCUT2D eigenvalue weighted by molar-refractivity contribution is 6.34. The molecule has 7 heteroatoms. The smallest absolute Gasteiger partial charge is 0.319 e. The van der Waals surface area contributed by atoms with E-state index in [-0.39, 0.29) is 5.69 Å². The molecule has 2 aromatic rings. The molecule has 0 spiro atoms. The van der Waals surface area contributed by atoms with Gasteiger partial charge in [-0.3, -0.25) is 0 Å². The van der Waals surface area contributed by atoms with Crippen molar-refractivity contribution in [3.05, 3.63) is 44.6 Å². The monoisotopic (exact) mass is 326 g/mol. The molecule has 1 aliphatic carbocycles. The number of hydrogen-bond donors (Lipinski definition) is 2. The van der Waals surface area contributed by atoms with Gasteiger partial charge in [-0.05, 0) is 31.0 Å². The molecule has 1 aromatic carbocycles. The molecule has 112 valence electrons. The summed E-state index contributed by atoms with van der Waals surface area (Å²) in [6, 6.07) is 4.99. The highest BCUT2D eigenvalue weighted by Gasteiger charge is 2.35. The first-order valence-corrected chi connectivity index (χ1v) is 7.69. The minimum atomic E-state index is -0.608. The zero-order chi connectivity index (χ0) is 15.0. The van der Waals surface area contributed by atoms with E-state index in [1.807, 2.05) is 0 Å². The van der Waals surface area contributed by atoms with Gasteiger partial charge in [0.2, 0.25) is 0 Å². The molecule has 0 atom stereocenters. The molecule has 21 heavy (non-hydrogen) atoms. The molecule has 3 N–H and O–H groups in total. The van der Waals surface area contributed by atoms with E-state index in [1.54, 1.807) is 18.2 Å². The zero-order valence-electron chi connectivity index (χ0n) is 11.4. The molecule has 0 radical (unpaired) electrons. The highest BCUT2D eigenvalue weighted by atomic mass is 35.5. The average molecular weight is 327 g/mol. The van der Waals surface area contributed by atoms with E-state index in [0.717, 1.165) is 32.1 Å². The van der Waals surface area contributed by atoms with Crippen LogP contribution in [0.4, 0.5) is 0 Å². The molecule has 5 nitrogen and oxygen atoms in total. The lowest BCUT2D eigenvalue weighted by Crippen LogP contribution is -2.42. The van der Waals surface area contributed by atoms with Gasteiger partial charge in [-0.1, -0.05) is 42.5 Å². The van der Waals surface area contributed by atoms with Gasteiger partial charge in [0.1, 0.15) is 0 Å². The minimum absolute atomic E-state index is 0.357. The van der Waals surface area contributed by atoms with Gasteiger partial charge in [0.25, 0.3) is 0 Å². The second kappa shape index (κ2) is 5.48. The maximum Gasteiger partial charge on any atom is 0.348 e. The lowest BCUT2D eigenvalue weighted by Gasteiger charge is -2.32. The quantitative estimate of drug-likeness (QED) is 0.890. The van der Waals surface area contributed by atoms with Gasteiger partial charge in [0, 0.05) is 5.02 Å². The average Bonchev–Trinajstić information content (AvgIpc) is 2.85. The van der Waals surface area contributed by atoms with Crippen molar-refractivity contribution >= 4 is 23.2 Å². The van der Waals surface area contributed by atoms with Crippen molar-refractivity contribution in [2.24, 2.45) is 5.73 Å². The normalized spacial score (nSPS) is 17.9. The Morgan fingerprint density at radius 3 is 2.67 bits per heavy atom. The Bertz CT molecular complexity index is 716. The fraction of sp³-hybridized carbons (Fsp3) is 0.429. The Kier molecular flexibility index (Phi) is 3.82. The predicted octanol–water partition coefficient (Wildman–Crippen LogP) is 2.99. The summed E-state index contributed by atoms with van der Waals surface area (Å²) >= 11 is 12.2. The molecule has 1 fully saturated rings. The van der Waals surface area contributed by atoms with Crippen molar-refractivity contribution in [1.29, 1.82) is 0 Å². The van der Waals surface area contributed by atoms with Crippen LogP contribution in [-0.2, 0) is 5.54 Å². The summed E-state index contributed by atoms with van der Waals surface area (Å²) in [4.78, 5) is 12.2. The third kappa shape index (κ3) is 2.61. The number of H-pyrrole nitrogens is 1. The fourth-order valence-corrected chi connectivity index (χ4v) is 3.29. The van der Waals surface area contributed by atoms with Gasteiger partial charge in [0.05, 0.1) is 16.2 Å². The first-order chi connectivity index (χ1) is 10.0. The van der Waals surface area contributed by atoms with Crippen LogP contribution >= 0.6 is 23.2 Å². The molecule has 1 aliphatic rings. The van der Waals surface area contributed by atoms with Crippen molar-refractivity contribution in [2.75, 3.05) is 0 Å².